The predicted octanol–water partition coefficient (Wildman–Crippen LogP) is 0.176. The van der Waals surface area contributed by atoms with Crippen LogP contribution >= 0.6 is 0 Å². The van der Waals surface area contributed by atoms with Gasteiger partial charge in [0.1, 0.15) is 6.04 Å². The number of fused-ring (bicyclic) bond motifs is 2. The molecule has 2 fully saturated rings. The fourth-order valence-electron chi connectivity index (χ4n) is 2.86. The third-order valence-electron chi connectivity index (χ3n) is 3.66. The topological polar surface area (TPSA) is 75.3 Å². The van der Waals surface area contributed by atoms with Gasteiger partial charge in [-0.15, -0.1) is 0 Å². The Labute approximate surface area is 83.9 Å². The maximum atomic E-state index is 10.5. The second-order valence-corrected chi connectivity index (χ2v) is 4.63. The highest BCUT2D eigenvalue weighted by Crippen LogP contribution is 2.44. The molecule has 2 rings (SSSR count). The Morgan fingerprint density at radius 3 is 2.79 bits per heavy atom. The summed E-state index contributed by atoms with van der Waals surface area (Å²) in [7, 11) is 0. The lowest BCUT2D eigenvalue weighted by Gasteiger charge is -2.23. The Balaban J connectivity index is 1.74. The molecule has 0 aliphatic heterocycles. The van der Waals surface area contributed by atoms with Crippen molar-refractivity contribution >= 4 is 5.97 Å². The molecular weight excluding hydrogens is 180 g/mol. The van der Waals surface area contributed by atoms with Gasteiger partial charge in [0.25, 0.3) is 0 Å². The van der Waals surface area contributed by atoms with Crippen LogP contribution in [0.2, 0.25) is 0 Å². The van der Waals surface area contributed by atoms with Gasteiger partial charge in [-0.1, -0.05) is 6.42 Å². The van der Waals surface area contributed by atoms with E-state index in [1.54, 1.807) is 0 Å². The van der Waals surface area contributed by atoms with Gasteiger partial charge in [-0.3, -0.25) is 4.79 Å². The van der Waals surface area contributed by atoms with E-state index in [1.807, 2.05) is 0 Å². The van der Waals surface area contributed by atoms with E-state index < -0.39 is 12.0 Å². The number of nitrogens with one attached hydrogen (secondary N) is 1. The molecule has 0 heterocycles. The number of carbonyl (C=O) groups is 1. The van der Waals surface area contributed by atoms with Gasteiger partial charge in [0.15, 0.2) is 0 Å². The van der Waals surface area contributed by atoms with Gasteiger partial charge in [0.05, 0.1) is 0 Å². The molecular formula is C10H18N2O2. The molecule has 2 bridgehead atoms. The lowest BCUT2D eigenvalue weighted by molar-refractivity contribution is -0.138. The molecule has 0 amide bonds. The Kier molecular flexibility index (Phi) is 2.74. The number of carboxylic acid groups (broad SMARTS) is 1. The first-order valence-corrected chi connectivity index (χ1v) is 5.38. The minimum absolute atomic E-state index is 0.406. The van der Waals surface area contributed by atoms with Crippen LogP contribution in [0.5, 0.6) is 0 Å². The number of aliphatic carboxylic acids is 1. The van der Waals surface area contributed by atoms with E-state index >= 15 is 0 Å². The second-order valence-electron chi connectivity index (χ2n) is 4.63. The summed E-state index contributed by atoms with van der Waals surface area (Å²) < 4.78 is 0. The van der Waals surface area contributed by atoms with Gasteiger partial charge in [0.2, 0.25) is 0 Å². The molecule has 0 radical (unpaired) electrons. The van der Waals surface area contributed by atoms with E-state index in [0.29, 0.717) is 12.6 Å². The van der Waals surface area contributed by atoms with Crippen LogP contribution in [-0.4, -0.2) is 29.7 Å². The summed E-state index contributed by atoms with van der Waals surface area (Å²) in [5.41, 5.74) is 5.43. The Morgan fingerprint density at radius 2 is 2.29 bits per heavy atom. The quantitative estimate of drug-likeness (QED) is 0.602. The third kappa shape index (κ3) is 1.91. The molecule has 0 aromatic carbocycles. The summed E-state index contributed by atoms with van der Waals surface area (Å²) in [6.07, 6.45) is 5.23. The van der Waals surface area contributed by atoms with E-state index in [4.69, 9.17) is 10.8 Å². The SMILES string of the molecule is NC(CNC1CC2CCC1C2)C(=O)O. The standard InChI is InChI=1S/C10H18N2O2/c11-8(10(13)14)5-12-9-4-6-1-2-7(9)3-6/h6-9,12H,1-5,11H2,(H,13,14). The van der Waals surface area contributed by atoms with Gasteiger partial charge in [0, 0.05) is 12.6 Å². The van der Waals surface area contributed by atoms with Crippen molar-refractivity contribution in [3.05, 3.63) is 0 Å². The lowest BCUT2D eigenvalue weighted by Crippen LogP contribution is -2.45. The van der Waals surface area contributed by atoms with Gasteiger partial charge < -0.3 is 16.2 Å². The van der Waals surface area contributed by atoms with Crippen LogP contribution in [0.15, 0.2) is 0 Å². The molecule has 80 valence electrons. The van der Waals surface area contributed by atoms with Crippen LogP contribution < -0.4 is 11.1 Å². The molecule has 4 heteroatoms. The summed E-state index contributed by atoms with van der Waals surface area (Å²) in [4.78, 5) is 10.5. The summed E-state index contributed by atoms with van der Waals surface area (Å²) in [6.45, 7) is 0.406. The highest BCUT2D eigenvalue weighted by Gasteiger charge is 2.39. The summed E-state index contributed by atoms with van der Waals surface area (Å²) in [5.74, 6) is 0.750. The van der Waals surface area contributed by atoms with Gasteiger partial charge in [-0.2, -0.15) is 0 Å². The van der Waals surface area contributed by atoms with E-state index in [1.165, 1.54) is 25.7 Å². The van der Waals surface area contributed by atoms with Crippen molar-refractivity contribution < 1.29 is 9.90 Å². The normalized spacial score (nSPS) is 37.4. The highest BCUT2D eigenvalue weighted by molar-refractivity contribution is 5.73. The van der Waals surface area contributed by atoms with Crippen molar-refractivity contribution in [2.45, 2.75) is 37.8 Å². The second kappa shape index (κ2) is 3.87. The zero-order valence-corrected chi connectivity index (χ0v) is 8.28. The van der Waals surface area contributed by atoms with Crippen LogP contribution in [0, 0.1) is 11.8 Å². The zero-order valence-electron chi connectivity index (χ0n) is 8.28. The molecule has 2 saturated carbocycles. The van der Waals surface area contributed by atoms with Crippen molar-refractivity contribution in [3.63, 3.8) is 0 Å². The molecule has 2 aliphatic carbocycles. The first-order valence-electron chi connectivity index (χ1n) is 5.38. The number of rotatable bonds is 4. The summed E-state index contributed by atoms with van der Waals surface area (Å²) in [6, 6.07) is -0.228. The molecule has 14 heavy (non-hydrogen) atoms. The van der Waals surface area contributed by atoms with Crippen molar-refractivity contribution in [2.75, 3.05) is 6.54 Å². The molecule has 0 saturated heterocycles. The first-order chi connectivity index (χ1) is 6.66. The zero-order chi connectivity index (χ0) is 10.1. The summed E-state index contributed by atoms with van der Waals surface area (Å²) >= 11 is 0. The molecule has 0 aromatic heterocycles. The smallest absolute Gasteiger partial charge is 0.321 e. The fourth-order valence-corrected chi connectivity index (χ4v) is 2.86. The largest absolute Gasteiger partial charge is 0.480 e. The van der Waals surface area contributed by atoms with E-state index in [-0.39, 0.29) is 0 Å². The summed E-state index contributed by atoms with van der Waals surface area (Å²) in [5, 5.41) is 11.9. The van der Waals surface area contributed by atoms with Crippen molar-refractivity contribution in [1.29, 1.82) is 0 Å². The first kappa shape index (κ1) is 9.93. The molecule has 4 N–H and O–H groups in total. The average Bonchev–Trinajstić information content (AvgIpc) is 2.74. The van der Waals surface area contributed by atoms with Gasteiger partial charge in [-0.25, -0.2) is 0 Å². The van der Waals surface area contributed by atoms with Gasteiger partial charge >= 0.3 is 5.97 Å². The predicted molar refractivity (Wildman–Crippen MR) is 52.8 cm³/mol. The molecule has 4 atom stereocenters. The number of carboxylic acids is 1. The van der Waals surface area contributed by atoms with E-state index in [2.05, 4.69) is 5.32 Å². The molecule has 4 nitrogen and oxygen atoms in total. The average molecular weight is 198 g/mol. The maximum absolute atomic E-state index is 10.5. The highest BCUT2D eigenvalue weighted by atomic mass is 16.4. The Hall–Kier alpha value is -0.610. The van der Waals surface area contributed by atoms with E-state index in [0.717, 1.165) is 11.8 Å². The minimum atomic E-state index is -0.916. The van der Waals surface area contributed by atoms with Crippen molar-refractivity contribution in [1.82, 2.24) is 5.32 Å². The van der Waals surface area contributed by atoms with Crippen molar-refractivity contribution in [3.8, 4) is 0 Å². The minimum Gasteiger partial charge on any atom is -0.480 e. The molecule has 2 aliphatic rings. The van der Waals surface area contributed by atoms with E-state index in [9.17, 15) is 4.79 Å². The third-order valence-corrected chi connectivity index (χ3v) is 3.66. The van der Waals surface area contributed by atoms with Crippen LogP contribution in [-0.2, 0) is 4.79 Å². The number of nitrogens with two attached hydrogens (primary N) is 1. The fraction of sp³-hybridized carbons (Fsp3) is 0.900. The Bertz CT molecular complexity index is 232. The van der Waals surface area contributed by atoms with Crippen LogP contribution in [0.3, 0.4) is 0 Å². The maximum Gasteiger partial charge on any atom is 0.321 e. The van der Waals surface area contributed by atoms with Crippen LogP contribution in [0.1, 0.15) is 25.7 Å². The van der Waals surface area contributed by atoms with Crippen molar-refractivity contribution in [2.24, 2.45) is 17.6 Å². The Morgan fingerprint density at radius 1 is 1.50 bits per heavy atom. The number of hydrogen-bond acceptors (Lipinski definition) is 3. The van der Waals surface area contributed by atoms with Crippen LogP contribution in [0.4, 0.5) is 0 Å². The monoisotopic (exact) mass is 198 g/mol. The molecule has 0 spiro atoms. The molecule has 0 aromatic rings. The number of hydrogen-bond donors (Lipinski definition) is 3. The lowest BCUT2D eigenvalue weighted by atomic mass is 9.95. The van der Waals surface area contributed by atoms with Gasteiger partial charge in [-0.05, 0) is 31.1 Å². The molecule has 4 unspecified atom stereocenters. The van der Waals surface area contributed by atoms with Crippen LogP contribution in [0.25, 0.3) is 0 Å².